The summed E-state index contributed by atoms with van der Waals surface area (Å²) in [5.41, 5.74) is 1.37. The van der Waals surface area contributed by atoms with E-state index in [1.54, 1.807) is 30.2 Å². The molecule has 3 aromatic carbocycles. The number of amides is 1. The third kappa shape index (κ3) is 4.81. The summed E-state index contributed by atoms with van der Waals surface area (Å²) in [6.07, 6.45) is 3.21. The maximum absolute atomic E-state index is 13.3. The zero-order valence-electron chi connectivity index (χ0n) is 17.9. The Bertz CT molecular complexity index is 1140. The van der Waals surface area contributed by atoms with Gasteiger partial charge in [0.2, 0.25) is 0 Å². The van der Waals surface area contributed by atoms with Crippen molar-refractivity contribution in [3.05, 3.63) is 83.4 Å². The lowest BCUT2D eigenvalue weighted by Gasteiger charge is -2.25. The predicted octanol–water partition coefficient (Wildman–Crippen LogP) is 4.60. The summed E-state index contributed by atoms with van der Waals surface area (Å²) >= 11 is 0. The van der Waals surface area contributed by atoms with Crippen LogP contribution in [-0.4, -0.2) is 48.4 Å². The van der Waals surface area contributed by atoms with Crippen LogP contribution in [0.25, 0.3) is 16.8 Å². The molecule has 1 saturated heterocycles. The first-order valence-corrected chi connectivity index (χ1v) is 10.6. The molecule has 0 radical (unpaired) electrons. The Kier molecular flexibility index (Phi) is 6.52. The van der Waals surface area contributed by atoms with Gasteiger partial charge in [0, 0.05) is 19.0 Å². The van der Waals surface area contributed by atoms with Gasteiger partial charge in [-0.05, 0) is 48.1 Å². The number of carboxylic acid groups (broad SMARTS) is 1. The molecule has 0 aliphatic carbocycles. The van der Waals surface area contributed by atoms with Crippen molar-refractivity contribution < 1.29 is 24.2 Å². The van der Waals surface area contributed by atoms with Crippen LogP contribution in [0.2, 0.25) is 0 Å². The van der Waals surface area contributed by atoms with Gasteiger partial charge in [-0.15, -0.1) is 0 Å². The Labute approximate surface area is 186 Å². The molecule has 1 unspecified atom stereocenters. The number of hydrogen-bond acceptors (Lipinski definition) is 4. The van der Waals surface area contributed by atoms with E-state index in [0.29, 0.717) is 17.9 Å². The van der Waals surface area contributed by atoms with Gasteiger partial charge in [-0.1, -0.05) is 48.5 Å². The molecule has 1 heterocycles. The monoisotopic (exact) mass is 431 g/mol. The lowest BCUT2D eigenvalue weighted by molar-refractivity contribution is -0.135. The molecule has 6 nitrogen and oxygen atoms in total. The maximum Gasteiger partial charge on any atom is 0.335 e. The topological polar surface area (TPSA) is 76.1 Å². The minimum atomic E-state index is -0.991. The highest BCUT2D eigenvalue weighted by atomic mass is 16.5. The van der Waals surface area contributed by atoms with E-state index < -0.39 is 5.97 Å². The number of nitrogens with zero attached hydrogens (tertiary/aromatic N) is 1. The van der Waals surface area contributed by atoms with E-state index in [-0.39, 0.29) is 24.3 Å². The SMILES string of the molecule is CN(C(=O)/C(=C/c1ccc(C(=O)O)cc1)COc1cccc2ccccc12)C1CCCO1. The van der Waals surface area contributed by atoms with Crippen molar-refractivity contribution in [3.8, 4) is 5.75 Å². The van der Waals surface area contributed by atoms with E-state index in [1.807, 2.05) is 42.5 Å². The van der Waals surface area contributed by atoms with Crippen LogP contribution in [0, 0.1) is 0 Å². The van der Waals surface area contributed by atoms with Gasteiger partial charge in [0.15, 0.2) is 0 Å². The van der Waals surface area contributed by atoms with Crippen LogP contribution in [-0.2, 0) is 9.53 Å². The van der Waals surface area contributed by atoms with E-state index in [9.17, 15) is 9.59 Å². The zero-order chi connectivity index (χ0) is 22.5. The highest BCUT2D eigenvalue weighted by Crippen LogP contribution is 2.26. The second-order valence-electron chi connectivity index (χ2n) is 7.75. The summed E-state index contributed by atoms with van der Waals surface area (Å²) in [4.78, 5) is 26.0. The quantitative estimate of drug-likeness (QED) is 0.554. The summed E-state index contributed by atoms with van der Waals surface area (Å²) in [5, 5.41) is 11.2. The van der Waals surface area contributed by atoms with Crippen molar-refractivity contribution in [2.75, 3.05) is 20.3 Å². The highest BCUT2D eigenvalue weighted by Gasteiger charge is 2.26. The lowest BCUT2D eigenvalue weighted by atomic mass is 10.1. The van der Waals surface area contributed by atoms with Crippen LogP contribution in [0.3, 0.4) is 0 Å². The normalized spacial score (nSPS) is 16.2. The number of carbonyl (C=O) groups is 2. The first-order valence-electron chi connectivity index (χ1n) is 10.6. The molecule has 4 rings (SSSR count). The molecule has 0 spiro atoms. The number of fused-ring (bicyclic) bond motifs is 1. The molecule has 6 heteroatoms. The third-order valence-electron chi connectivity index (χ3n) is 5.56. The Morgan fingerprint density at radius 1 is 1.09 bits per heavy atom. The lowest BCUT2D eigenvalue weighted by Crippen LogP contribution is -2.38. The fraction of sp³-hybridized carbons (Fsp3) is 0.231. The fourth-order valence-corrected chi connectivity index (χ4v) is 3.79. The summed E-state index contributed by atoms with van der Waals surface area (Å²) in [7, 11) is 1.73. The number of hydrogen-bond donors (Lipinski definition) is 1. The summed E-state index contributed by atoms with van der Waals surface area (Å²) in [6.45, 7) is 0.717. The van der Waals surface area contributed by atoms with Gasteiger partial charge < -0.3 is 19.5 Å². The van der Waals surface area contributed by atoms with Crippen LogP contribution < -0.4 is 4.74 Å². The molecule has 3 aromatic rings. The standard InChI is InChI=1S/C26H25NO5/c1-27(24-10-5-15-31-24)25(28)21(16-18-11-13-20(14-12-18)26(29)30)17-32-23-9-4-7-19-6-2-3-8-22(19)23/h2-4,6-9,11-14,16,24H,5,10,15,17H2,1H3,(H,29,30)/b21-16+. The number of ether oxygens (including phenoxy) is 2. The molecular weight excluding hydrogens is 406 g/mol. The average Bonchev–Trinajstić information content (AvgIpc) is 3.36. The van der Waals surface area contributed by atoms with E-state index in [1.165, 1.54) is 12.1 Å². The highest BCUT2D eigenvalue weighted by molar-refractivity contribution is 5.98. The molecule has 0 aromatic heterocycles. The molecule has 1 fully saturated rings. The van der Waals surface area contributed by atoms with Crippen molar-refractivity contribution >= 4 is 28.7 Å². The largest absolute Gasteiger partial charge is 0.488 e. The number of rotatable bonds is 7. The van der Waals surface area contributed by atoms with Gasteiger partial charge in [-0.3, -0.25) is 4.79 Å². The van der Waals surface area contributed by atoms with Gasteiger partial charge in [0.1, 0.15) is 18.6 Å². The molecule has 1 atom stereocenters. The van der Waals surface area contributed by atoms with Gasteiger partial charge in [0.05, 0.1) is 11.1 Å². The molecule has 32 heavy (non-hydrogen) atoms. The fourth-order valence-electron chi connectivity index (χ4n) is 3.79. The molecule has 0 saturated carbocycles. The van der Waals surface area contributed by atoms with Crippen molar-refractivity contribution in [3.63, 3.8) is 0 Å². The second-order valence-corrected chi connectivity index (χ2v) is 7.75. The summed E-state index contributed by atoms with van der Waals surface area (Å²) in [6, 6.07) is 20.1. The van der Waals surface area contributed by atoms with E-state index in [2.05, 4.69) is 0 Å². The van der Waals surface area contributed by atoms with Crippen molar-refractivity contribution in [2.45, 2.75) is 19.1 Å². The van der Waals surface area contributed by atoms with Gasteiger partial charge in [-0.2, -0.15) is 0 Å². The minimum Gasteiger partial charge on any atom is -0.488 e. The second kappa shape index (κ2) is 9.66. The first kappa shape index (κ1) is 21.6. The third-order valence-corrected chi connectivity index (χ3v) is 5.56. The van der Waals surface area contributed by atoms with Crippen molar-refractivity contribution in [1.29, 1.82) is 0 Å². The van der Waals surface area contributed by atoms with E-state index in [4.69, 9.17) is 14.6 Å². The molecule has 1 aliphatic rings. The molecule has 1 aliphatic heterocycles. The summed E-state index contributed by atoms with van der Waals surface area (Å²) < 4.78 is 11.8. The molecule has 1 amide bonds. The maximum atomic E-state index is 13.3. The number of likely N-dealkylation sites (N-methyl/N-ethyl adjacent to an activating group) is 1. The first-order chi connectivity index (χ1) is 15.5. The number of aromatic carboxylic acids is 1. The number of benzene rings is 3. The number of carboxylic acids is 1. The predicted molar refractivity (Wildman–Crippen MR) is 123 cm³/mol. The van der Waals surface area contributed by atoms with E-state index in [0.717, 1.165) is 29.2 Å². The smallest absolute Gasteiger partial charge is 0.335 e. The van der Waals surface area contributed by atoms with Crippen LogP contribution in [0.4, 0.5) is 0 Å². The average molecular weight is 431 g/mol. The molecule has 0 bridgehead atoms. The number of carbonyl (C=O) groups excluding carboxylic acids is 1. The Morgan fingerprint density at radius 2 is 1.84 bits per heavy atom. The van der Waals surface area contributed by atoms with Crippen LogP contribution >= 0.6 is 0 Å². The van der Waals surface area contributed by atoms with E-state index >= 15 is 0 Å². The van der Waals surface area contributed by atoms with Crippen molar-refractivity contribution in [2.24, 2.45) is 0 Å². The minimum absolute atomic E-state index is 0.0740. The van der Waals surface area contributed by atoms with Gasteiger partial charge in [-0.25, -0.2) is 4.79 Å². The molecule has 164 valence electrons. The van der Waals surface area contributed by atoms with Gasteiger partial charge >= 0.3 is 5.97 Å². The van der Waals surface area contributed by atoms with Crippen molar-refractivity contribution in [1.82, 2.24) is 4.90 Å². The summed E-state index contributed by atoms with van der Waals surface area (Å²) in [5.74, 6) is -0.475. The van der Waals surface area contributed by atoms with Crippen LogP contribution in [0.1, 0.15) is 28.8 Å². The molecular formula is C26H25NO5. The van der Waals surface area contributed by atoms with Gasteiger partial charge in [0.25, 0.3) is 5.91 Å². The Hall–Kier alpha value is -3.64. The molecule has 1 N–H and O–H groups in total. The van der Waals surface area contributed by atoms with Crippen LogP contribution in [0.15, 0.2) is 72.3 Å². The Balaban J connectivity index is 1.61. The zero-order valence-corrected chi connectivity index (χ0v) is 17.9. The van der Waals surface area contributed by atoms with Crippen LogP contribution in [0.5, 0.6) is 5.75 Å². The Morgan fingerprint density at radius 3 is 2.56 bits per heavy atom.